The molecule has 8 heteroatoms. The molecule has 184 valence electrons. The molecule has 0 atom stereocenters. The second-order valence-corrected chi connectivity index (χ2v) is 10.3. The topological polar surface area (TPSA) is 120 Å². The summed E-state index contributed by atoms with van der Waals surface area (Å²) in [6.45, 7) is 8.61. The summed E-state index contributed by atoms with van der Waals surface area (Å²) in [5.74, 6) is -0.528. The molecule has 2 aromatic carbocycles. The second-order valence-electron chi connectivity index (χ2n) is 10.3. The van der Waals surface area contributed by atoms with Crippen LogP contribution in [0.15, 0.2) is 52.7 Å². The van der Waals surface area contributed by atoms with Crippen LogP contribution in [0.1, 0.15) is 68.5 Å². The third-order valence-corrected chi connectivity index (χ3v) is 6.99. The summed E-state index contributed by atoms with van der Waals surface area (Å²) in [7, 11) is 0. The number of aromatic carboxylic acids is 1. The number of rotatable bonds is 5. The van der Waals surface area contributed by atoms with Crippen LogP contribution in [-0.4, -0.2) is 31.1 Å². The molecule has 35 heavy (non-hydrogen) atoms. The van der Waals surface area contributed by atoms with Gasteiger partial charge in [0.1, 0.15) is 5.69 Å². The molecule has 0 unspecified atom stereocenters. The highest BCUT2D eigenvalue weighted by Gasteiger charge is 2.32. The molecule has 0 saturated heterocycles. The number of carbonyl (C=O) groups is 1. The van der Waals surface area contributed by atoms with Crippen LogP contribution >= 0.6 is 0 Å². The van der Waals surface area contributed by atoms with E-state index in [2.05, 4.69) is 36.1 Å². The molecule has 1 saturated carbocycles. The Morgan fingerprint density at radius 2 is 1.71 bits per heavy atom. The van der Waals surface area contributed by atoms with Crippen LogP contribution in [0.3, 0.4) is 0 Å². The lowest BCUT2D eigenvalue weighted by Crippen LogP contribution is -2.27. The maximum Gasteiger partial charge on any atom is 0.335 e. The fraction of sp³-hybridized carbons (Fsp3) is 0.407. The van der Waals surface area contributed by atoms with Gasteiger partial charge in [0.05, 0.1) is 17.3 Å². The summed E-state index contributed by atoms with van der Waals surface area (Å²) < 4.78 is 1.66. The van der Waals surface area contributed by atoms with E-state index in [1.54, 1.807) is 41.9 Å². The predicted octanol–water partition coefficient (Wildman–Crippen LogP) is 7.16. The first kappa shape index (κ1) is 24.4. The van der Waals surface area contributed by atoms with Gasteiger partial charge in [0.15, 0.2) is 11.4 Å². The molecular weight excluding hydrogens is 444 g/mol. The molecule has 1 heterocycles. The standard InChI is InChI=1S/C27H32N4O4/c1-16-23(25(33)31(30-16)20-13-11-19(12-14-20)27(2,3)4)29-28-22-10-6-9-21(24(22)32)17-7-5-8-18(15-17)26(34)35/h5-10,15,19-20,32-33H,11-14H2,1-4H3,(H,34,35)/b29-28+. The SMILES string of the molecule is Cc1nn(C2CCC(C(C)(C)C)CC2)c(O)c1/N=N/c1cccc(-c2cccc(C(=O)O)c2)c1O. The number of hydrogen-bond donors (Lipinski definition) is 3. The smallest absolute Gasteiger partial charge is 0.335 e. The summed E-state index contributed by atoms with van der Waals surface area (Å²) in [6.07, 6.45) is 4.08. The first-order chi connectivity index (χ1) is 16.6. The van der Waals surface area contributed by atoms with Crippen molar-refractivity contribution >= 4 is 17.3 Å². The molecule has 0 aliphatic heterocycles. The molecule has 0 spiro atoms. The number of aryl methyl sites for hydroxylation is 1. The highest BCUT2D eigenvalue weighted by molar-refractivity contribution is 5.90. The lowest BCUT2D eigenvalue weighted by atomic mass is 9.71. The third-order valence-electron chi connectivity index (χ3n) is 6.99. The normalized spacial score (nSPS) is 18.7. The van der Waals surface area contributed by atoms with Crippen LogP contribution in [0.2, 0.25) is 0 Å². The van der Waals surface area contributed by atoms with Crippen molar-refractivity contribution in [2.24, 2.45) is 21.6 Å². The van der Waals surface area contributed by atoms with Crippen molar-refractivity contribution in [2.75, 3.05) is 0 Å². The van der Waals surface area contributed by atoms with Crippen molar-refractivity contribution in [3.8, 4) is 22.8 Å². The lowest BCUT2D eigenvalue weighted by molar-refractivity contribution is 0.0697. The van der Waals surface area contributed by atoms with E-state index in [-0.39, 0.29) is 40.0 Å². The summed E-state index contributed by atoms with van der Waals surface area (Å²) in [4.78, 5) is 11.3. The van der Waals surface area contributed by atoms with Gasteiger partial charge in [0.25, 0.3) is 0 Å². The average Bonchev–Trinajstić information content (AvgIpc) is 3.11. The van der Waals surface area contributed by atoms with Crippen LogP contribution in [0, 0.1) is 18.3 Å². The van der Waals surface area contributed by atoms with Gasteiger partial charge in [-0.25, -0.2) is 9.48 Å². The maximum absolute atomic E-state index is 11.3. The molecular formula is C27H32N4O4. The molecule has 0 amide bonds. The van der Waals surface area contributed by atoms with Gasteiger partial charge >= 0.3 is 5.97 Å². The van der Waals surface area contributed by atoms with Gasteiger partial charge < -0.3 is 15.3 Å². The number of aromatic hydroxyl groups is 2. The number of carboxylic acid groups (broad SMARTS) is 1. The summed E-state index contributed by atoms with van der Waals surface area (Å²) in [5, 5.41) is 43.9. The van der Waals surface area contributed by atoms with Crippen molar-refractivity contribution in [3.63, 3.8) is 0 Å². The zero-order valence-electron chi connectivity index (χ0n) is 20.6. The molecule has 3 aromatic rings. The Balaban J connectivity index is 1.58. The van der Waals surface area contributed by atoms with E-state index in [1.165, 1.54) is 12.1 Å². The number of benzene rings is 2. The summed E-state index contributed by atoms with van der Waals surface area (Å²) >= 11 is 0. The Labute approximate surface area is 205 Å². The van der Waals surface area contributed by atoms with Crippen molar-refractivity contribution in [3.05, 3.63) is 53.7 Å². The third kappa shape index (κ3) is 5.06. The molecule has 8 nitrogen and oxygen atoms in total. The van der Waals surface area contributed by atoms with Crippen LogP contribution in [0.4, 0.5) is 11.4 Å². The average molecular weight is 477 g/mol. The minimum atomic E-state index is -1.04. The Bertz CT molecular complexity index is 1260. The van der Waals surface area contributed by atoms with Crippen molar-refractivity contribution in [1.82, 2.24) is 9.78 Å². The number of carboxylic acids is 1. The number of nitrogens with zero attached hydrogens (tertiary/aromatic N) is 4. The van der Waals surface area contributed by atoms with Crippen LogP contribution in [-0.2, 0) is 0 Å². The number of para-hydroxylation sites is 1. The van der Waals surface area contributed by atoms with Gasteiger partial charge in [0.2, 0.25) is 5.88 Å². The predicted molar refractivity (Wildman–Crippen MR) is 134 cm³/mol. The van der Waals surface area contributed by atoms with Crippen molar-refractivity contribution in [2.45, 2.75) is 59.4 Å². The van der Waals surface area contributed by atoms with Crippen molar-refractivity contribution < 1.29 is 20.1 Å². The van der Waals surface area contributed by atoms with Gasteiger partial charge in [0, 0.05) is 5.56 Å². The van der Waals surface area contributed by atoms with Gasteiger partial charge in [-0.3, -0.25) is 0 Å². The first-order valence-corrected chi connectivity index (χ1v) is 11.9. The van der Waals surface area contributed by atoms with Crippen LogP contribution in [0.5, 0.6) is 11.6 Å². The van der Waals surface area contributed by atoms with Gasteiger partial charge in [-0.1, -0.05) is 45.0 Å². The Morgan fingerprint density at radius 1 is 1.03 bits per heavy atom. The van der Waals surface area contributed by atoms with E-state index in [1.807, 2.05) is 0 Å². The number of phenolic OH excluding ortho intramolecular Hbond substituents is 1. The van der Waals surface area contributed by atoms with Gasteiger partial charge in [-0.15, -0.1) is 10.2 Å². The van der Waals surface area contributed by atoms with Gasteiger partial charge in [-0.05, 0) is 67.7 Å². The Kier molecular flexibility index (Phi) is 6.65. The fourth-order valence-corrected chi connectivity index (χ4v) is 4.85. The van der Waals surface area contributed by atoms with E-state index in [0.29, 0.717) is 22.7 Å². The summed E-state index contributed by atoms with van der Waals surface area (Å²) in [5.41, 5.74) is 2.44. The Hall–Kier alpha value is -3.68. The minimum absolute atomic E-state index is 0.0183. The highest BCUT2D eigenvalue weighted by atomic mass is 16.4. The molecule has 1 aliphatic carbocycles. The first-order valence-electron chi connectivity index (χ1n) is 11.9. The monoisotopic (exact) mass is 476 g/mol. The minimum Gasteiger partial charge on any atom is -0.505 e. The van der Waals surface area contributed by atoms with E-state index >= 15 is 0 Å². The van der Waals surface area contributed by atoms with Crippen LogP contribution in [0.25, 0.3) is 11.1 Å². The Morgan fingerprint density at radius 3 is 2.37 bits per heavy atom. The molecule has 1 aromatic heterocycles. The quantitative estimate of drug-likeness (QED) is 0.337. The molecule has 1 fully saturated rings. The molecule has 0 bridgehead atoms. The molecule has 1 aliphatic rings. The largest absolute Gasteiger partial charge is 0.505 e. The number of aromatic nitrogens is 2. The molecule has 3 N–H and O–H groups in total. The summed E-state index contributed by atoms with van der Waals surface area (Å²) in [6, 6.07) is 11.4. The maximum atomic E-state index is 11.3. The van der Waals surface area contributed by atoms with Crippen molar-refractivity contribution in [1.29, 1.82) is 0 Å². The van der Waals surface area contributed by atoms with Crippen LogP contribution < -0.4 is 0 Å². The highest BCUT2D eigenvalue weighted by Crippen LogP contribution is 2.44. The van der Waals surface area contributed by atoms with E-state index in [0.717, 1.165) is 25.7 Å². The zero-order chi connectivity index (χ0) is 25.3. The lowest BCUT2D eigenvalue weighted by Gasteiger charge is -2.37. The van der Waals surface area contributed by atoms with E-state index in [4.69, 9.17) is 0 Å². The zero-order valence-corrected chi connectivity index (χ0v) is 20.6. The van der Waals surface area contributed by atoms with E-state index in [9.17, 15) is 20.1 Å². The van der Waals surface area contributed by atoms with Gasteiger partial charge in [-0.2, -0.15) is 5.10 Å². The fourth-order valence-electron chi connectivity index (χ4n) is 4.85. The number of hydrogen-bond acceptors (Lipinski definition) is 6. The number of phenols is 1. The van der Waals surface area contributed by atoms with E-state index < -0.39 is 5.97 Å². The molecule has 4 rings (SSSR count). The molecule has 0 radical (unpaired) electrons. The second kappa shape index (κ2) is 9.52. The number of azo groups is 1.